The van der Waals surface area contributed by atoms with Crippen LogP contribution < -0.4 is 5.73 Å². The van der Waals surface area contributed by atoms with Crippen LogP contribution in [0.2, 0.25) is 0 Å². The zero-order valence-corrected chi connectivity index (χ0v) is 17.3. The Hall–Kier alpha value is -2.52. The molecule has 0 saturated carbocycles. The van der Waals surface area contributed by atoms with Gasteiger partial charge in [0.25, 0.3) is 0 Å². The SMILES string of the molecule is Nc1nc(N=NCc2ccc(Br)cc2)cc(N=NCc2ccc(Br)cc2)n1. The van der Waals surface area contributed by atoms with E-state index in [1.165, 1.54) is 0 Å². The maximum Gasteiger partial charge on any atom is 0.224 e. The van der Waals surface area contributed by atoms with Crippen molar-refractivity contribution in [2.75, 3.05) is 5.73 Å². The van der Waals surface area contributed by atoms with Crippen molar-refractivity contribution in [1.29, 1.82) is 0 Å². The number of benzene rings is 2. The molecular weight excluding hydrogens is 474 g/mol. The fourth-order valence-electron chi connectivity index (χ4n) is 2.10. The van der Waals surface area contributed by atoms with Crippen LogP contribution in [0.1, 0.15) is 11.1 Å². The van der Waals surface area contributed by atoms with Crippen LogP contribution in [-0.2, 0) is 13.1 Å². The molecule has 7 nitrogen and oxygen atoms in total. The molecule has 0 fully saturated rings. The highest BCUT2D eigenvalue weighted by atomic mass is 79.9. The van der Waals surface area contributed by atoms with Crippen molar-refractivity contribution in [3.8, 4) is 0 Å². The van der Waals surface area contributed by atoms with E-state index in [-0.39, 0.29) is 5.95 Å². The molecule has 2 N–H and O–H groups in total. The number of nitrogen functional groups attached to an aromatic ring is 1. The first-order valence-electron chi connectivity index (χ1n) is 7.97. The molecule has 3 rings (SSSR count). The largest absolute Gasteiger partial charge is 0.368 e. The van der Waals surface area contributed by atoms with E-state index < -0.39 is 0 Å². The highest BCUT2D eigenvalue weighted by Gasteiger charge is 2.01. The van der Waals surface area contributed by atoms with E-state index in [0.29, 0.717) is 24.7 Å². The van der Waals surface area contributed by atoms with E-state index in [9.17, 15) is 0 Å². The first-order valence-corrected chi connectivity index (χ1v) is 9.55. The van der Waals surface area contributed by atoms with Crippen molar-refractivity contribution in [2.45, 2.75) is 13.1 Å². The maximum absolute atomic E-state index is 5.72. The van der Waals surface area contributed by atoms with Gasteiger partial charge in [-0.3, -0.25) is 0 Å². The van der Waals surface area contributed by atoms with Gasteiger partial charge in [-0.15, -0.1) is 10.2 Å². The number of nitrogens with zero attached hydrogens (tertiary/aromatic N) is 6. The lowest BCUT2D eigenvalue weighted by Gasteiger charge is -1.99. The Morgan fingerprint density at radius 1 is 0.704 bits per heavy atom. The zero-order valence-electron chi connectivity index (χ0n) is 14.1. The summed E-state index contributed by atoms with van der Waals surface area (Å²) in [6.45, 7) is 0.884. The first kappa shape index (κ1) is 19.2. The van der Waals surface area contributed by atoms with Gasteiger partial charge in [-0.1, -0.05) is 56.1 Å². The summed E-state index contributed by atoms with van der Waals surface area (Å²) < 4.78 is 2.04. The van der Waals surface area contributed by atoms with Gasteiger partial charge in [0.05, 0.1) is 13.1 Å². The number of azo groups is 2. The second-order valence-corrected chi connectivity index (χ2v) is 7.33. The predicted octanol–water partition coefficient (Wildman–Crippen LogP) is 6.15. The van der Waals surface area contributed by atoms with Gasteiger partial charge in [0, 0.05) is 15.0 Å². The smallest absolute Gasteiger partial charge is 0.224 e. The summed E-state index contributed by atoms with van der Waals surface area (Å²) in [6.07, 6.45) is 0. The summed E-state index contributed by atoms with van der Waals surface area (Å²) >= 11 is 6.80. The van der Waals surface area contributed by atoms with Crippen molar-refractivity contribution >= 4 is 49.4 Å². The van der Waals surface area contributed by atoms with Crippen LogP contribution >= 0.6 is 31.9 Å². The Morgan fingerprint density at radius 2 is 1.11 bits per heavy atom. The van der Waals surface area contributed by atoms with Crippen LogP contribution in [0.25, 0.3) is 0 Å². The Balaban J connectivity index is 1.64. The van der Waals surface area contributed by atoms with E-state index in [0.717, 1.165) is 20.1 Å². The number of halogens is 2. The molecule has 3 aromatic rings. The maximum atomic E-state index is 5.72. The number of nitrogens with two attached hydrogens (primary N) is 1. The topological polar surface area (TPSA) is 101 Å². The van der Waals surface area contributed by atoms with Crippen molar-refractivity contribution < 1.29 is 0 Å². The lowest BCUT2D eigenvalue weighted by atomic mass is 10.2. The number of rotatable bonds is 6. The fourth-order valence-corrected chi connectivity index (χ4v) is 2.63. The Bertz CT molecular complexity index is 879. The molecule has 0 radical (unpaired) electrons. The summed E-state index contributed by atoms with van der Waals surface area (Å²) in [5.41, 5.74) is 7.80. The summed E-state index contributed by atoms with van der Waals surface area (Å²) in [6, 6.07) is 17.3. The van der Waals surface area contributed by atoms with Crippen molar-refractivity contribution in [3.05, 3.63) is 74.7 Å². The van der Waals surface area contributed by atoms with Crippen molar-refractivity contribution in [3.63, 3.8) is 0 Å². The van der Waals surface area contributed by atoms with Gasteiger partial charge in [0.15, 0.2) is 11.6 Å². The number of aromatic nitrogens is 2. The normalized spacial score (nSPS) is 11.5. The van der Waals surface area contributed by atoms with E-state index >= 15 is 0 Å². The molecule has 1 heterocycles. The number of anilines is 1. The molecule has 136 valence electrons. The van der Waals surface area contributed by atoms with Gasteiger partial charge in [0.2, 0.25) is 5.95 Å². The summed E-state index contributed by atoms with van der Waals surface area (Å²) in [7, 11) is 0. The van der Waals surface area contributed by atoms with Gasteiger partial charge in [-0.25, -0.2) is 0 Å². The third kappa shape index (κ3) is 6.30. The molecule has 1 aromatic heterocycles. The van der Waals surface area contributed by atoms with Crippen LogP contribution in [0.4, 0.5) is 17.6 Å². The van der Waals surface area contributed by atoms with E-state index in [1.54, 1.807) is 6.07 Å². The molecule has 0 saturated heterocycles. The predicted molar refractivity (Wildman–Crippen MR) is 111 cm³/mol. The second-order valence-electron chi connectivity index (χ2n) is 5.49. The molecule has 0 atom stereocenters. The average Bonchev–Trinajstić information content (AvgIpc) is 2.65. The van der Waals surface area contributed by atoms with Crippen LogP contribution in [0.5, 0.6) is 0 Å². The minimum atomic E-state index is 0.0766. The Kier molecular flexibility index (Phi) is 6.72. The highest BCUT2D eigenvalue weighted by molar-refractivity contribution is 9.10. The van der Waals surface area contributed by atoms with Crippen LogP contribution in [0, 0.1) is 0 Å². The fraction of sp³-hybridized carbons (Fsp3) is 0.111. The lowest BCUT2D eigenvalue weighted by molar-refractivity contribution is 0.928. The molecule has 2 aromatic carbocycles. The van der Waals surface area contributed by atoms with Crippen molar-refractivity contribution in [2.24, 2.45) is 20.5 Å². The van der Waals surface area contributed by atoms with E-state index in [1.807, 2.05) is 48.5 Å². The molecule has 27 heavy (non-hydrogen) atoms. The average molecular weight is 489 g/mol. The minimum Gasteiger partial charge on any atom is -0.368 e. The van der Waals surface area contributed by atoms with Crippen LogP contribution in [0.15, 0.2) is 84.0 Å². The minimum absolute atomic E-state index is 0.0766. The molecule has 0 aliphatic rings. The van der Waals surface area contributed by atoms with Gasteiger partial charge >= 0.3 is 0 Å². The molecule has 0 aliphatic carbocycles. The number of hydrogen-bond donors (Lipinski definition) is 1. The van der Waals surface area contributed by atoms with Crippen molar-refractivity contribution in [1.82, 2.24) is 9.97 Å². The van der Waals surface area contributed by atoms with Gasteiger partial charge in [-0.2, -0.15) is 20.2 Å². The Morgan fingerprint density at radius 3 is 1.52 bits per heavy atom. The zero-order chi connectivity index (χ0) is 19.1. The van der Waals surface area contributed by atoms with Crippen LogP contribution in [0.3, 0.4) is 0 Å². The van der Waals surface area contributed by atoms with Gasteiger partial charge in [-0.05, 0) is 35.4 Å². The standard InChI is InChI=1S/C18H15Br2N7/c19-14-5-1-12(2-6-14)10-22-26-16-9-17(25-18(21)24-16)27-23-11-13-3-7-15(20)8-4-13/h1-9H,10-11H2,(H2,21,24,25). The molecule has 0 spiro atoms. The summed E-state index contributed by atoms with van der Waals surface area (Å²) in [5, 5.41) is 16.5. The van der Waals surface area contributed by atoms with Crippen LogP contribution in [-0.4, -0.2) is 9.97 Å². The molecule has 9 heteroatoms. The first-order chi connectivity index (χ1) is 13.1. The van der Waals surface area contributed by atoms with E-state index in [2.05, 4.69) is 62.3 Å². The third-order valence-electron chi connectivity index (χ3n) is 3.40. The van der Waals surface area contributed by atoms with Gasteiger partial charge < -0.3 is 5.73 Å². The molecule has 0 bridgehead atoms. The Labute approximate surface area is 173 Å². The molecule has 0 amide bonds. The molecular formula is C18H15Br2N7. The summed E-state index contributed by atoms with van der Waals surface area (Å²) in [4.78, 5) is 8.09. The quantitative estimate of drug-likeness (QED) is 0.420. The molecule has 0 unspecified atom stereocenters. The summed E-state index contributed by atoms with van der Waals surface area (Å²) in [5.74, 6) is 0.766. The third-order valence-corrected chi connectivity index (χ3v) is 4.45. The van der Waals surface area contributed by atoms with Gasteiger partial charge in [0.1, 0.15) is 0 Å². The highest BCUT2D eigenvalue weighted by Crippen LogP contribution is 2.20. The lowest BCUT2D eigenvalue weighted by Crippen LogP contribution is -1.93. The number of hydrogen-bond acceptors (Lipinski definition) is 7. The molecule has 0 aliphatic heterocycles. The van der Waals surface area contributed by atoms with E-state index in [4.69, 9.17) is 5.73 Å². The monoisotopic (exact) mass is 487 g/mol. The second kappa shape index (κ2) is 9.43.